The van der Waals surface area contributed by atoms with Crippen LogP contribution >= 0.6 is 11.3 Å². The minimum Gasteiger partial charge on any atom is -0.462 e. The van der Waals surface area contributed by atoms with Gasteiger partial charge in [0.25, 0.3) is 0 Å². The maximum absolute atomic E-state index is 11.4. The van der Waals surface area contributed by atoms with Crippen LogP contribution in [0.2, 0.25) is 0 Å². The lowest BCUT2D eigenvalue weighted by Gasteiger charge is -2.01. The lowest BCUT2D eigenvalue weighted by molar-refractivity contribution is -0.121. The highest BCUT2D eigenvalue weighted by atomic mass is 32.1. The maximum atomic E-state index is 11.4. The van der Waals surface area contributed by atoms with E-state index in [1.807, 2.05) is 17.5 Å². The van der Waals surface area contributed by atoms with E-state index in [1.54, 1.807) is 6.26 Å². The van der Waals surface area contributed by atoms with Crippen LogP contribution in [0.5, 0.6) is 0 Å². The fourth-order valence-corrected chi connectivity index (χ4v) is 2.23. The molecule has 0 aliphatic rings. The molecule has 1 amide bonds. The number of nitrogens with two attached hydrogens (primary N) is 1. The second-order valence-corrected chi connectivity index (χ2v) is 4.65. The zero-order chi connectivity index (χ0) is 12.8. The smallest absolute Gasteiger partial charge is 0.220 e. The van der Waals surface area contributed by atoms with E-state index >= 15 is 0 Å². The average Bonchev–Trinajstić information content (AvgIpc) is 3.03. The number of furan rings is 1. The van der Waals surface area contributed by atoms with E-state index in [4.69, 9.17) is 10.2 Å². The molecule has 2 aromatic rings. The van der Waals surface area contributed by atoms with Gasteiger partial charge in [-0.1, -0.05) is 0 Å². The van der Waals surface area contributed by atoms with Gasteiger partial charge in [-0.25, -0.2) is 4.98 Å². The molecule has 0 aliphatic carbocycles. The SMILES string of the molecule is NCCCC(=O)NCc1csc(-c2ccco2)n1. The van der Waals surface area contributed by atoms with E-state index in [0.717, 1.165) is 16.5 Å². The Kier molecular flexibility index (Phi) is 4.49. The molecular weight excluding hydrogens is 250 g/mol. The number of hydrogen-bond acceptors (Lipinski definition) is 5. The number of rotatable bonds is 6. The topological polar surface area (TPSA) is 81.2 Å². The highest BCUT2D eigenvalue weighted by Crippen LogP contribution is 2.23. The number of thiazole rings is 1. The lowest BCUT2D eigenvalue weighted by atomic mass is 10.3. The Morgan fingerprint density at radius 3 is 3.17 bits per heavy atom. The predicted octanol–water partition coefficient (Wildman–Crippen LogP) is 1.76. The van der Waals surface area contributed by atoms with Gasteiger partial charge >= 0.3 is 0 Å². The summed E-state index contributed by atoms with van der Waals surface area (Å²) in [6.07, 6.45) is 2.79. The molecule has 96 valence electrons. The summed E-state index contributed by atoms with van der Waals surface area (Å²) < 4.78 is 5.26. The molecule has 2 heterocycles. The van der Waals surface area contributed by atoms with Gasteiger partial charge in [0.15, 0.2) is 10.8 Å². The molecule has 5 nitrogen and oxygen atoms in total. The Labute approximate surface area is 109 Å². The van der Waals surface area contributed by atoms with E-state index in [9.17, 15) is 4.79 Å². The third-order valence-electron chi connectivity index (χ3n) is 2.36. The molecule has 6 heteroatoms. The van der Waals surface area contributed by atoms with E-state index < -0.39 is 0 Å². The number of hydrogen-bond donors (Lipinski definition) is 2. The summed E-state index contributed by atoms with van der Waals surface area (Å²) >= 11 is 1.50. The van der Waals surface area contributed by atoms with Crippen LogP contribution in [-0.4, -0.2) is 17.4 Å². The molecule has 0 unspecified atom stereocenters. The van der Waals surface area contributed by atoms with Crippen LogP contribution in [0.25, 0.3) is 10.8 Å². The average molecular weight is 265 g/mol. The summed E-state index contributed by atoms with van der Waals surface area (Å²) in [7, 11) is 0. The van der Waals surface area contributed by atoms with E-state index in [1.165, 1.54) is 11.3 Å². The van der Waals surface area contributed by atoms with Crippen LogP contribution in [0.4, 0.5) is 0 Å². The number of carbonyl (C=O) groups is 1. The third kappa shape index (κ3) is 3.41. The van der Waals surface area contributed by atoms with E-state index in [2.05, 4.69) is 10.3 Å². The standard InChI is InChI=1S/C12H15N3O2S/c13-5-1-4-11(16)14-7-9-8-18-12(15-9)10-3-2-6-17-10/h2-3,6,8H,1,4-5,7,13H2,(H,14,16). The van der Waals surface area contributed by atoms with Gasteiger partial charge < -0.3 is 15.5 Å². The first kappa shape index (κ1) is 12.8. The first-order valence-corrected chi connectivity index (χ1v) is 6.62. The number of carbonyl (C=O) groups excluding carboxylic acids is 1. The molecule has 0 fully saturated rings. The third-order valence-corrected chi connectivity index (χ3v) is 3.26. The maximum Gasteiger partial charge on any atom is 0.220 e. The van der Waals surface area contributed by atoms with Gasteiger partial charge in [0.2, 0.25) is 5.91 Å². The van der Waals surface area contributed by atoms with Crippen molar-refractivity contribution < 1.29 is 9.21 Å². The van der Waals surface area contributed by atoms with Crippen molar-refractivity contribution in [2.75, 3.05) is 6.54 Å². The van der Waals surface area contributed by atoms with Crippen LogP contribution in [0.1, 0.15) is 18.5 Å². The summed E-state index contributed by atoms with van der Waals surface area (Å²) in [4.78, 5) is 15.8. The molecule has 0 spiro atoms. The Morgan fingerprint density at radius 2 is 2.44 bits per heavy atom. The van der Waals surface area contributed by atoms with Crippen LogP contribution in [-0.2, 0) is 11.3 Å². The van der Waals surface area contributed by atoms with Gasteiger partial charge in [0.05, 0.1) is 18.5 Å². The van der Waals surface area contributed by atoms with E-state index in [-0.39, 0.29) is 5.91 Å². The van der Waals surface area contributed by atoms with Crippen molar-refractivity contribution >= 4 is 17.2 Å². The first-order chi connectivity index (χ1) is 8.79. The van der Waals surface area contributed by atoms with Gasteiger partial charge in [-0.2, -0.15) is 0 Å². The zero-order valence-electron chi connectivity index (χ0n) is 9.89. The van der Waals surface area contributed by atoms with Crippen molar-refractivity contribution in [1.82, 2.24) is 10.3 Å². The molecule has 0 atom stereocenters. The summed E-state index contributed by atoms with van der Waals surface area (Å²) in [5.74, 6) is 0.758. The van der Waals surface area contributed by atoms with Gasteiger partial charge in [-0.15, -0.1) is 11.3 Å². The van der Waals surface area contributed by atoms with Crippen molar-refractivity contribution in [1.29, 1.82) is 0 Å². The predicted molar refractivity (Wildman–Crippen MR) is 70.0 cm³/mol. The van der Waals surface area contributed by atoms with Crippen LogP contribution in [0, 0.1) is 0 Å². The minimum atomic E-state index is 0.00741. The van der Waals surface area contributed by atoms with Crippen molar-refractivity contribution in [3.63, 3.8) is 0 Å². The van der Waals surface area contributed by atoms with Crippen LogP contribution in [0.15, 0.2) is 28.2 Å². The van der Waals surface area contributed by atoms with Gasteiger partial charge in [0.1, 0.15) is 0 Å². The van der Waals surface area contributed by atoms with Crippen molar-refractivity contribution in [3.8, 4) is 10.8 Å². The number of aromatic nitrogens is 1. The molecule has 0 saturated heterocycles. The lowest BCUT2D eigenvalue weighted by Crippen LogP contribution is -2.23. The fraction of sp³-hybridized carbons (Fsp3) is 0.333. The normalized spacial score (nSPS) is 10.5. The highest BCUT2D eigenvalue weighted by Gasteiger charge is 2.07. The van der Waals surface area contributed by atoms with Crippen molar-refractivity contribution in [3.05, 3.63) is 29.5 Å². The molecule has 0 saturated carbocycles. The largest absolute Gasteiger partial charge is 0.462 e. The summed E-state index contributed by atoms with van der Waals surface area (Å²) in [5, 5.41) is 5.55. The molecule has 2 aromatic heterocycles. The second-order valence-electron chi connectivity index (χ2n) is 3.79. The van der Waals surface area contributed by atoms with Crippen LogP contribution in [0.3, 0.4) is 0 Å². The Bertz CT molecular complexity index is 493. The quantitative estimate of drug-likeness (QED) is 0.834. The summed E-state index contributed by atoms with van der Waals surface area (Å²) in [6, 6.07) is 3.69. The highest BCUT2D eigenvalue weighted by molar-refractivity contribution is 7.13. The molecular formula is C12H15N3O2S. The molecule has 0 radical (unpaired) electrons. The molecule has 18 heavy (non-hydrogen) atoms. The molecule has 2 rings (SSSR count). The zero-order valence-corrected chi connectivity index (χ0v) is 10.7. The van der Waals surface area contributed by atoms with Gasteiger partial charge in [-0.3, -0.25) is 4.79 Å². The Hall–Kier alpha value is -1.66. The summed E-state index contributed by atoms with van der Waals surface area (Å²) in [5.41, 5.74) is 6.18. The summed E-state index contributed by atoms with van der Waals surface area (Å²) in [6.45, 7) is 0.980. The van der Waals surface area contributed by atoms with Gasteiger partial charge in [-0.05, 0) is 25.1 Å². The van der Waals surface area contributed by atoms with Crippen molar-refractivity contribution in [2.24, 2.45) is 5.73 Å². The molecule has 0 bridgehead atoms. The number of amides is 1. The molecule has 0 aromatic carbocycles. The molecule has 3 N–H and O–H groups in total. The van der Waals surface area contributed by atoms with Crippen molar-refractivity contribution in [2.45, 2.75) is 19.4 Å². The fourth-order valence-electron chi connectivity index (χ4n) is 1.44. The first-order valence-electron chi connectivity index (χ1n) is 5.74. The Balaban J connectivity index is 1.86. The number of nitrogens with one attached hydrogen (secondary N) is 1. The number of nitrogens with zero attached hydrogens (tertiary/aromatic N) is 1. The van der Waals surface area contributed by atoms with Gasteiger partial charge in [0, 0.05) is 11.8 Å². The van der Waals surface area contributed by atoms with E-state index in [0.29, 0.717) is 25.9 Å². The molecule has 0 aliphatic heterocycles. The van der Waals surface area contributed by atoms with Crippen LogP contribution < -0.4 is 11.1 Å². The minimum absolute atomic E-state index is 0.00741. The monoisotopic (exact) mass is 265 g/mol. The Morgan fingerprint density at radius 1 is 1.56 bits per heavy atom. The second kappa shape index (κ2) is 6.32.